The maximum Gasteiger partial charge on any atom is 0.151 e. The number of hydrogen-bond donors (Lipinski definition) is 1. The Labute approximate surface area is 93.7 Å². The predicted molar refractivity (Wildman–Crippen MR) is 54.7 cm³/mol. The van der Waals surface area contributed by atoms with Gasteiger partial charge in [0, 0.05) is 11.8 Å². The van der Waals surface area contributed by atoms with E-state index >= 15 is 0 Å². The predicted octanol–water partition coefficient (Wildman–Crippen LogP) is 2.66. The number of halogens is 2. The van der Waals surface area contributed by atoms with Gasteiger partial charge in [-0.2, -0.15) is 0 Å². The normalized spacial score (nSPS) is 12.7. The molecule has 3 nitrogen and oxygen atoms in total. The van der Waals surface area contributed by atoms with Crippen molar-refractivity contribution in [1.29, 1.82) is 0 Å². The van der Waals surface area contributed by atoms with Gasteiger partial charge in [-0.05, 0) is 28.1 Å². The first-order valence-electron chi connectivity index (χ1n) is 4.20. The molecule has 0 aliphatic rings. The van der Waals surface area contributed by atoms with Gasteiger partial charge < -0.3 is 9.52 Å². The van der Waals surface area contributed by atoms with E-state index < -0.39 is 11.9 Å². The fourth-order valence-electron chi connectivity index (χ4n) is 1.23. The average Bonchev–Trinajstić information content (AvgIpc) is 2.63. The van der Waals surface area contributed by atoms with Crippen molar-refractivity contribution in [2.45, 2.75) is 6.10 Å². The highest BCUT2D eigenvalue weighted by atomic mass is 79.9. The van der Waals surface area contributed by atoms with Gasteiger partial charge in [0.1, 0.15) is 11.9 Å². The second kappa shape index (κ2) is 4.12. The molecular formula is C10H7BrFNO2. The van der Waals surface area contributed by atoms with Crippen molar-refractivity contribution >= 4 is 15.9 Å². The average molecular weight is 272 g/mol. The number of nitrogens with zero attached hydrogens (tertiary/aromatic N) is 1. The molecule has 5 heteroatoms. The highest BCUT2D eigenvalue weighted by molar-refractivity contribution is 9.10. The third-order valence-corrected chi connectivity index (χ3v) is 2.59. The van der Waals surface area contributed by atoms with E-state index in [-0.39, 0.29) is 0 Å². The van der Waals surface area contributed by atoms with Crippen LogP contribution in [0.1, 0.15) is 17.4 Å². The lowest BCUT2D eigenvalue weighted by Gasteiger charge is -2.07. The zero-order valence-corrected chi connectivity index (χ0v) is 9.11. The standard InChI is InChI=1S/C10H7BrFNO2/c11-8-1-2-15-10(8)9(14)6-3-7(12)5-13-4-6/h1-5,9,14H. The third-order valence-electron chi connectivity index (χ3n) is 1.93. The van der Waals surface area contributed by atoms with E-state index in [2.05, 4.69) is 20.9 Å². The maximum atomic E-state index is 12.9. The van der Waals surface area contributed by atoms with E-state index in [1.807, 2.05) is 0 Å². The minimum Gasteiger partial charge on any atom is -0.465 e. The van der Waals surface area contributed by atoms with Crippen LogP contribution in [-0.4, -0.2) is 10.1 Å². The molecule has 1 atom stereocenters. The van der Waals surface area contributed by atoms with Crippen LogP contribution in [0, 0.1) is 5.82 Å². The van der Waals surface area contributed by atoms with Gasteiger partial charge >= 0.3 is 0 Å². The van der Waals surface area contributed by atoms with Crippen molar-refractivity contribution in [1.82, 2.24) is 4.98 Å². The molecule has 0 aliphatic heterocycles. The molecule has 15 heavy (non-hydrogen) atoms. The van der Waals surface area contributed by atoms with Crippen LogP contribution in [0.5, 0.6) is 0 Å². The van der Waals surface area contributed by atoms with Crippen molar-refractivity contribution in [2.24, 2.45) is 0 Å². The summed E-state index contributed by atoms with van der Waals surface area (Å²) in [5, 5.41) is 9.86. The summed E-state index contributed by atoms with van der Waals surface area (Å²) in [4.78, 5) is 3.65. The van der Waals surface area contributed by atoms with E-state index in [0.29, 0.717) is 15.8 Å². The SMILES string of the molecule is OC(c1cncc(F)c1)c1occc1Br. The molecule has 0 aromatic carbocycles. The zero-order chi connectivity index (χ0) is 10.8. The number of aliphatic hydroxyl groups excluding tert-OH is 1. The van der Waals surface area contributed by atoms with Gasteiger partial charge in [-0.15, -0.1) is 0 Å². The monoisotopic (exact) mass is 271 g/mol. The molecule has 0 aliphatic carbocycles. The Morgan fingerprint density at radius 3 is 2.87 bits per heavy atom. The number of furan rings is 1. The van der Waals surface area contributed by atoms with Crippen molar-refractivity contribution in [3.8, 4) is 0 Å². The number of rotatable bonds is 2. The lowest BCUT2D eigenvalue weighted by Crippen LogP contribution is -2.00. The molecule has 2 aromatic rings. The Hall–Kier alpha value is -1.20. The van der Waals surface area contributed by atoms with Gasteiger partial charge in [0.05, 0.1) is 16.9 Å². The van der Waals surface area contributed by atoms with Crippen molar-refractivity contribution < 1.29 is 13.9 Å². The van der Waals surface area contributed by atoms with Gasteiger partial charge in [-0.3, -0.25) is 4.98 Å². The number of aliphatic hydroxyl groups is 1. The van der Waals surface area contributed by atoms with Crippen LogP contribution in [0.25, 0.3) is 0 Å². The van der Waals surface area contributed by atoms with Crippen LogP contribution in [-0.2, 0) is 0 Å². The molecule has 0 saturated heterocycles. The highest BCUT2D eigenvalue weighted by Crippen LogP contribution is 2.29. The Morgan fingerprint density at radius 1 is 1.47 bits per heavy atom. The van der Waals surface area contributed by atoms with Gasteiger partial charge in [-0.1, -0.05) is 0 Å². The third kappa shape index (κ3) is 2.08. The van der Waals surface area contributed by atoms with E-state index in [1.165, 1.54) is 18.5 Å². The van der Waals surface area contributed by atoms with E-state index in [1.54, 1.807) is 6.07 Å². The van der Waals surface area contributed by atoms with Gasteiger partial charge in [0.15, 0.2) is 5.76 Å². The summed E-state index contributed by atoms with van der Waals surface area (Å²) in [5.74, 6) is -0.156. The molecular weight excluding hydrogens is 265 g/mol. The number of aromatic nitrogens is 1. The molecule has 0 amide bonds. The second-order valence-corrected chi connectivity index (χ2v) is 3.83. The van der Waals surface area contributed by atoms with Crippen molar-refractivity contribution in [2.75, 3.05) is 0 Å². The minimum absolute atomic E-state index is 0.336. The summed E-state index contributed by atoms with van der Waals surface area (Å²) in [6, 6.07) is 2.87. The van der Waals surface area contributed by atoms with Crippen LogP contribution in [0.3, 0.4) is 0 Å². The van der Waals surface area contributed by atoms with E-state index in [0.717, 1.165) is 6.20 Å². The first-order chi connectivity index (χ1) is 7.18. The molecule has 78 valence electrons. The molecule has 0 bridgehead atoms. The van der Waals surface area contributed by atoms with Crippen LogP contribution in [0.15, 0.2) is 39.7 Å². The summed E-state index contributed by atoms with van der Waals surface area (Å²) < 4.78 is 18.6. The zero-order valence-electron chi connectivity index (χ0n) is 7.52. The Kier molecular flexibility index (Phi) is 2.83. The van der Waals surface area contributed by atoms with Crippen LogP contribution < -0.4 is 0 Å². The fourth-order valence-corrected chi connectivity index (χ4v) is 1.65. The second-order valence-electron chi connectivity index (χ2n) is 2.97. The van der Waals surface area contributed by atoms with Crippen molar-refractivity contribution in [3.05, 3.63) is 52.4 Å². The Balaban J connectivity index is 2.36. The number of hydrogen-bond acceptors (Lipinski definition) is 3. The lowest BCUT2D eigenvalue weighted by atomic mass is 10.1. The first kappa shape index (κ1) is 10.3. The summed E-state index contributed by atoms with van der Waals surface area (Å²) in [6.45, 7) is 0. The smallest absolute Gasteiger partial charge is 0.151 e. The molecule has 0 saturated carbocycles. The Morgan fingerprint density at radius 2 is 2.27 bits per heavy atom. The van der Waals surface area contributed by atoms with E-state index in [4.69, 9.17) is 4.42 Å². The quantitative estimate of drug-likeness (QED) is 0.914. The van der Waals surface area contributed by atoms with Crippen molar-refractivity contribution in [3.63, 3.8) is 0 Å². The summed E-state index contributed by atoms with van der Waals surface area (Å²) in [5.41, 5.74) is 0.352. The van der Waals surface area contributed by atoms with Gasteiger partial charge in [0.25, 0.3) is 0 Å². The lowest BCUT2D eigenvalue weighted by molar-refractivity contribution is 0.187. The summed E-state index contributed by atoms with van der Waals surface area (Å²) in [6.07, 6.45) is 2.89. The van der Waals surface area contributed by atoms with Gasteiger partial charge in [-0.25, -0.2) is 4.39 Å². The van der Waals surface area contributed by atoms with Crippen LogP contribution in [0.2, 0.25) is 0 Å². The largest absolute Gasteiger partial charge is 0.465 e. The van der Waals surface area contributed by atoms with Gasteiger partial charge in [0.2, 0.25) is 0 Å². The topological polar surface area (TPSA) is 46.3 Å². The first-order valence-corrected chi connectivity index (χ1v) is 4.99. The molecule has 2 heterocycles. The van der Waals surface area contributed by atoms with Crippen LogP contribution >= 0.6 is 15.9 Å². The summed E-state index contributed by atoms with van der Waals surface area (Å²) >= 11 is 3.21. The Bertz CT molecular complexity index is 472. The molecule has 2 rings (SSSR count). The number of pyridine rings is 1. The van der Waals surface area contributed by atoms with Crippen LogP contribution in [0.4, 0.5) is 4.39 Å². The molecule has 1 N–H and O–H groups in total. The molecule has 2 aromatic heterocycles. The minimum atomic E-state index is -1.02. The molecule has 0 radical (unpaired) electrons. The highest BCUT2D eigenvalue weighted by Gasteiger charge is 2.17. The summed E-state index contributed by atoms with van der Waals surface area (Å²) in [7, 11) is 0. The van der Waals surface area contributed by atoms with E-state index in [9.17, 15) is 9.50 Å². The molecule has 0 spiro atoms. The maximum absolute atomic E-state index is 12.9. The molecule has 1 unspecified atom stereocenters. The fraction of sp³-hybridized carbons (Fsp3) is 0.100. The molecule has 0 fully saturated rings.